The number of aromatic nitrogens is 3. The molecule has 1 aromatic carbocycles. The average molecular weight is 230 g/mol. The van der Waals surface area contributed by atoms with Gasteiger partial charge in [-0.05, 0) is 5.56 Å². The molecule has 0 atom stereocenters. The van der Waals surface area contributed by atoms with Gasteiger partial charge in [0.1, 0.15) is 0 Å². The first-order valence-corrected chi connectivity index (χ1v) is 5.34. The van der Waals surface area contributed by atoms with Gasteiger partial charge >= 0.3 is 0 Å². The Kier molecular flexibility index (Phi) is 3.34. The van der Waals surface area contributed by atoms with E-state index in [2.05, 4.69) is 20.7 Å². The summed E-state index contributed by atoms with van der Waals surface area (Å²) in [6.07, 6.45) is 2.42. The van der Waals surface area contributed by atoms with Crippen LogP contribution in [0, 0.1) is 0 Å². The summed E-state index contributed by atoms with van der Waals surface area (Å²) >= 11 is 0. The Labute approximate surface area is 99.1 Å². The molecule has 17 heavy (non-hydrogen) atoms. The summed E-state index contributed by atoms with van der Waals surface area (Å²) in [5, 5.41) is 11.8. The molecule has 0 radical (unpaired) electrons. The first-order valence-electron chi connectivity index (χ1n) is 5.34. The molecule has 0 bridgehead atoms. The number of hydrogen-bond donors (Lipinski definition) is 2. The van der Waals surface area contributed by atoms with E-state index < -0.39 is 0 Å². The Bertz CT molecular complexity index is 502. The fraction of sp³-hybridized carbons (Fsp3) is 0.182. The number of rotatable bonds is 4. The van der Waals surface area contributed by atoms with Gasteiger partial charge in [-0.1, -0.05) is 37.3 Å². The predicted molar refractivity (Wildman–Crippen MR) is 67.2 cm³/mol. The topological polar surface area (TPSA) is 81.1 Å². The van der Waals surface area contributed by atoms with Crippen molar-refractivity contribution >= 4 is 12.2 Å². The van der Waals surface area contributed by atoms with Crippen LogP contribution in [0.3, 0.4) is 0 Å². The number of hydrazone groups is 1. The van der Waals surface area contributed by atoms with Gasteiger partial charge in [0.2, 0.25) is 0 Å². The van der Waals surface area contributed by atoms with E-state index >= 15 is 0 Å². The summed E-state index contributed by atoms with van der Waals surface area (Å²) < 4.78 is 1.39. The second kappa shape index (κ2) is 5.11. The van der Waals surface area contributed by atoms with Gasteiger partial charge in [0, 0.05) is 6.42 Å². The maximum atomic E-state index is 5.75. The average Bonchev–Trinajstić information content (AvgIpc) is 2.72. The fourth-order valence-corrected chi connectivity index (χ4v) is 1.34. The highest BCUT2D eigenvalue weighted by atomic mass is 15.5. The minimum Gasteiger partial charge on any atom is -0.335 e. The molecule has 88 valence electrons. The van der Waals surface area contributed by atoms with Gasteiger partial charge in [-0.15, -0.1) is 10.2 Å². The van der Waals surface area contributed by atoms with Crippen LogP contribution in [0.2, 0.25) is 0 Å². The van der Waals surface area contributed by atoms with Crippen molar-refractivity contribution in [3.8, 4) is 0 Å². The zero-order chi connectivity index (χ0) is 12.1. The quantitative estimate of drug-likeness (QED) is 0.466. The van der Waals surface area contributed by atoms with Crippen LogP contribution in [0.15, 0.2) is 35.4 Å². The number of nitrogens with zero attached hydrogens (tertiary/aromatic N) is 4. The van der Waals surface area contributed by atoms with Crippen molar-refractivity contribution in [1.29, 1.82) is 0 Å². The van der Waals surface area contributed by atoms with Crippen molar-refractivity contribution in [2.75, 3.05) is 11.3 Å². The van der Waals surface area contributed by atoms with E-state index in [0.29, 0.717) is 11.8 Å². The lowest BCUT2D eigenvalue weighted by atomic mass is 10.2. The van der Waals surface area contributed by atoms with Crippen molar-refractivity contribution in [2.45, 2.75) is 13.3 Å². The van der Waals surface area contributed by atoms with Crippen molar-refractivity contribution in [3.05, 3.63) is 41.7 Å². The minimum atomic E-state index is 0.425. The van der Waals surface area contributed by atoms with Gasteiger partial charge in [-0.3, -0.25) is 0 Å². The Morgan fingerprint density at radius 2 is 2.12 bits per heavy atom. The smallest absolute Gasteiger partial charge is 0.263 e. The summed E-state index contributed by atoms with van der Waals surface area (Å²) in [6.45, 7) is 1.96. The zero-order valence-electron chi connectivity index (χ0n) is 9.54. The van der Waals surface area contributed by atoms with Gasteiger partial charge in [0.25, 0.3) is 5.95 Å². The van der Waals surface area contributed by atoms with Crippen molar-refractivity contribution in [2.24, 2.45) is 5.10 Å². The molecule has 1 heterocycles. The third kappa shape index (κ3) is 2.60. The zero-order valence-corrected chi connectivity index (χ0v) is 9.54. The monoisotopic (exact) mass is 230 g/mol. The number of nitrogens with two attached hydrogens (primary N) is 1. The van der Waals surface area contributed by atoms with E-state index in [1.807, 2.05) is 37.3 Å². The van der Waals surface area contributed by atoms with Gasteiger partial charge in [-0.2, -0.15) is 5.10 Å². The van der Waals surface area contributed by atoms with Gasteiger partial charge in [0.15, 0.2) is 5.82 Å². The number of hydrogen-bond acceptors (Lipinski definition) is 5. The molecule has 2 aromatic rings. The Hall–Kier alpha value is -2.37. The summed E-state index contributed by atoms with van der Waals surface area (Å²) in [7, 11) is 0. The highest BCUT2D eigenvalue weighted by molar-refractivity contribution is 5.79. The molecule has 0 aliphatic carbocycles. The number of nitrogens with one attached hydrogen (secondary N) is 1. The number of nitrogen functional groups attached to an aromatic ring is 1. The molecule has 0 spiro atoms. The molecule has 0 aliphatic rings. The highest BCUT2D eigenvalue weighted by Crippen LogP contribution is 2.03. The van der Waals surface area contributed by atoms with Gasteiger partial charge in [0.05, 0.1) is 6.21 Å². The number of anilines is 1. The van der Waals surface area contributed by atoms with E-state index in [9.17, 15) is 0 Å². The summed E-state index contributed by atoms with van der Waals surface area (Å²) in [4.78, 5) is 0. The molecular formula is C11H14N6. The second-order valence-corrected chi connectivity index (χ2v) is 3.44. The highest BCUT2D eigenvalue weighted by Gasteiger charge is 2.05. The lowest BCUT2D eigenvalue weighted by molar-refractivity contribution is 0.855. The molecule has 0 aliphatic heterocycles. The fourth-order valence-electron chi connectivity index (χ4n) is 1.34. The Morgan fingerprint density at radius 1 is 1.35 bits per heavy atom. The number of benzene rings is 1. The van der Waals surface area contributed by atoms with Crippen LogP contribution < -0.4 is 11.3 Å². The van der Waals surface area contributed by atoms with E-state index in [1.54, 1.807) is 6.21 Å². The predicted octanol–water partition coefficient (Wildman–Crippen LogP) is 1.00. The normalized spacial score (nSPS) is 10.9. The summed E-state index contributed by atoms with van der Waals surface area (Å²) in [5.74, 6) is 6.88. The summed E-state index contributed by atoms with van der Waals surface area (Å²) in [5.41, 5.74) is 3.75. The summed E-state index contributed by atoms with van der Waals surface area (Å²) in [6, 6.07) is 9.75. The molecule has 0 amide bonds. The maximum absolute atomic E-state index is 5.75. The van der Waals surface area contributed by atoms with Crippen LogP contribution in [0.4, 0.5) is 5.95 Å². The van der Waals surface area contributed by atoms with E-state index in [1.165, 1.54) is 4.68 Å². The van der Waals surface area contributed by atoms with Gasteiger partial charge in [-0.25, -0.2) is 10.1 Å². The molecule has 0 unspecified atom stereocenters. The van der Waals surface area contributed by atoms with Crippen LogP contribution >= 0.6 is 0 Å². The third-order valence-electron chi connectivity index (χ3n) is 2.26. The molecule has 1 aromatic heterocycles. The SMILES string of the molecule is CCc1nnc(N/N=C\c2ccccc2)n1N. The van der Waals surface area contributed by atoms with Gasteiger partial charge < -0.3 is 5.84 Å². The second-order valence-electron chi connectivity index (χ2n) is 3.44. The largest absolute Gasteiger partial charge is 0.335 e. The van der Waals surface area contributed by atoms with Crippen molar-refractivity contribution < 1.29 is 0 Å². The molecule has 6 heteroatoms. The molecule has 0 saturated heterocycles. The lowest BCUT2D eigenvalue weighted by Crippen LogP contribution is -2.14. The molecule has 2 rings (SSSR count). The third-order valence-corrected chi connectivity index (χ3v) is 2.26. The minimum absolute atomic E-state index is 0.425. The molecule has 6 nitrogen and oxygen atoms in total. The van der Waals surface area contributed by atoms with Crippen LogP contribution in [0.5, 0.6) is 0 Å². The first-order chi connectivity index (χ1) is 8.31. The Balaban J connectivity index is 2.03. The van der Waals surface area contributed by atoms with Crippen molar-refractivity contribution in [1.82, 2.24) is 14.9 Å². The van der Waals surface area contributed by atoms with Crippen LogP contribution in [-0.4, -0.2) is 21.1 Å². The lowest BCUT2D eigenvalue weighted by Gasteiger charge is -2.00. The van der Waals surface area contributed by atoms with E-state index in [0.717, 1.165) is 12.0 Å². The molecule has 0 fully saturated rings. The van der Waals surface area contributed by atoms with Crippen LogP contribution in [-0.2, 0) is 6.42 Å². The molecule has 3 N–H and O–H groups in total. The maximum Gasteiger partial charge on any atom is 0.263 e. The van der Waals surface area contributed by atoms with E-state index in [4.69, 9.17) is 5.84 Å². The van der Waals surface area contributed by atoms with Crippen molar-refractivity contribution in [3.63, 3.8) is 0 Å². The van der Waals surface area contributed by atoms with Crippen LogP contribution in [0.1, 0.15) is 18.3 Å². The molecular weight excluding hydrogens is 216 g/mol. The first kappa shape index (κ1) is 11.1. The Morgan fingerprint density at radius 3 is 2.76 bits per heavy atom. The number of aryl methyl sites for hydroxylation is 1. The van der Waals surface area contributed by atoms with Crippen LogP contribution in [0.25, 0.3) is 0 Å². The van der Waals surface area contributed by atoms with E-state index in [-0.39, 0.29) is 0 Å². The standard InChI is InChI=1S/C11H14N6/c1-2-10-14-16-11(17(10)12)15-13-8-9-6-4-3-5-7-9/h3-8H,2,12H2,1H3,(H,15,16)/b13-8-. The molecule has 0 saturated carbocycles.